The highest BCUT2D eigenvalue weighted by molar-refractivity contribution is 7.20. The predicted octanol–water partition coefficient (Wildman–Crippen LogP) is 4.69. The fourth-order valence-electron chi connectivity index (χ4n) is 2.94. The minimum absolute atomic E-state index is 0.182. The third kappa shape index (κ3) is 3.78. The first-order valence-corrected chi connectivity index (χ1v) is 9.55. The van der Waals surface area contributed by atoms with Crippen molar-refractivity contribution in [2.45, 2.75) is 6.92 Å². The molecule has 0 saturated heterocycles. The number of nitrogens with one attached hydrogen (secondary N) is 2. The lowest BCUT2D eigenvalue weighted by atomic mass is 10.2. The molecule has 7 nitrogen and oxygen atoms in total. The number of hydrogen-bond donors (Lipinski definition) is 3. The molecule has 0 aliphatic carbocycles. The van der Waals surface area contributed by atoms with Crippen molar-refractivity contribution in [3.05, 3.63) is 76.9 Å². The molecule has 0 fully saturated rings. The van der Waals surface area contributed by atoms with Crippen LogP contribution in [0, 0.1) is 6.92 Å². The van der Waals surface area contributed by atoms with Gasteiger partial charge < -0.3 is 15.7 Å². The monoisotopic (exact) mass is 404 g/mol. The van der Waals surface area contributed by atoms with E-state index in [9.17, 15) is 14.7 Å². The van der Waals surface area contributed by atoms with Crippen LogP contribution in [0.1, 0.15) is 25.6 Å². The van der Waals surface area contributed by atoms with Gasteiger partial charge in [0.05, 0.1) is 5.39 Å². The van der Waals surface area contributed by atoms with E-state index in [-0.39, 0.29) is 10.8 Å². The van der Waals surface area contributed by atoms with Gasteiger partial charge in [0.15, 0.2) is 0 Å². The topological polar surface area (TPSA) is 104 Å². The number of fused-ring (bicyclic) bond motifs is 1. The molecule has 0 saturated carbocycles. The number of rotatable bonds is 5. The Balaban J connectivity index is 1.55. The van der Waals surface area contributed by atoms with Crippen molar-refractivity contribution >= 4 is 50.6 Å². The first-order chi connectivity index (χ1) is 14.0. The van der Waals surface area contributed by atoms with Crippen LogP contribution >= 0.6 is 11.3 Å². The number of carboxylic acids is 1. The number of benzene rings is 2. The van der Waals surface area contributed by atoms with Gasteiger partial charge in [-0.25, -0.2) is 14.8 Å². The van der Waals surface area contributed by atoms with Crippen LogP contribution in [-0.2, 0) is 0 Å². The summed E-state index contributed by atoms with van der Waals surface area (Å²) in [6.45, 7) is 1.75. The number of nitrogens with zero attached hydrogens (tertiary/aromatic N) is 2. The molecule has 29 heavy (non-hydrogen) atoms. The second-order valence-corrected chi connectivity index (χ2v) is 7.29. The number of amides is 1. The summed E-state index contributed by atoms with van der Waals surface area (Å²) in [6.07, 6.45) is 1.40. The van der Waals surface area contributed by atoms with Gasteiger partial charge in [0.1, 0.15) is 21.9 Å². The second-order valence-electron chi connectivity index (χ2n) is 6.29. The lowest BCUT2D eigenvalue weighted by molar-refractivity contribution is 0.0701. The highest BCUT2D eigenvalue weighted by atomic mass is 32.1. The molecule has 0 aliphatic heterocycles. The highest BCUT2D eigenvalue weighted by Crippen LogP contribution is 2.34. The summed E-state index contributed by atoms with van der Waals surface area (Å²) in [5, 5.41) is 16.1. The van der Waals surface area contributed by atoms with E-state index in [4.69, 9.17) is 0 Å². The van der Waals surface area contributed by atoms with E-state index in [1.54, 1.807) is 31.2 Å². The van der Waals surface area contributed by atoms with Gasteiger partial charge in [0.25, 0.3) is 5.91 Å². The van der Waals surface area contributed by atoms with Gasteiger partial charge in [0.2, 0.25) is 0 Å². The van der Waals surface area contributed by atoms with Crippen LogP contribution in [-0.4, -0.2) is 27.0 Å². The largest absolute Gasteiger partial charge is 0.477 e. The predicted molar refractivity (Wildman–Crippen MR) is 113 cm³/mol. The molecule has 2 aromatic carbocycles. The quantitative estimate of drug-likeness (QED) is 0.446. The van der Waals surface area contributed by atoms with Gasteiger partial charge in [-0.15, -0.1) is 11.3 Å². The third-order valence-electron chi connectivity index (χ3n) is 4.36. The third-order valence-corrected chi connectivity index (χ3v) is 5.55. The molecule has 3 N–H and O–H groups in total. The van der Waals surface area contributed by atoms with E-state index >= 15 is 0 Å². The Hall–Kier alpha value is -3.78. The van der Waals surface area contributed by atoms with Crippen molar-refractivity contribution < 1.29 is 14.7 Å². The molecular weight excluding hydrogens is 388 g/mol. The van der Waals surface area contributed by atoms with Crippen molar-refractivity contribution in [3.8, 4) is 0 Å². The number of aromatic carboxylic acids is 1. The van der Waals surface area contributed by atoms with Crippen LogP contribution in [0.2, 0.25) is 0 Å². The zero-order valence-corrected chi connectivity index (χ0v) is 16.2. The Morgan fingerprint density at radius 3 is 2.34 bits per heavy atom. The molecule has 4 aromatic rings. The molecule has 4 rings (SSSR count). The number of carboxylic acid groups (broad SMARTS) is 1. The average Bonchev–Trinajstić information content (AvgIpc) is 3.08. The second kappa shape index (κ2) is 7.69. The number of thiophene rings is 1. The van der Waals surface area contributed by atoms with Gasteiger partial charge in [-0.05, 0) is 48.9 Å². The number of anilines is 3. The van der Waals surface area contributed by atoms with Crippen LogP contribution in [0.5, 0.6) is 0 Å². The smallest absolute Gasteiger partial charge is 0.346 e. The summed E-state index contributed by atoms with van der Waals surface area (Å²) in [5.74, 6) is -0.619. The molecular formula is C21H16N4O3S. The molecule has 0 radical (unpaired) electrons. The minimum atomic E-state index is -0.977. The van der Waals surface area contributed by atoms with Crippen molar-refractivity contribution in [3.63, 3.8) is 0 Å². The molecule has 0 bridgehead atoms. The first-order valence-electron chi connectivity index (χ1n) is 8.74. The van der Waals surface area contributed by atoms with Crippen LogP contribution in [0.3, 0.4) is 0 Å². The number of aryl methyl sites for hydroxylation is 1. The maximum absolute atomic E-state index is 12.2. The standard InChI is InChI=1S/C21H16N4O3S/c1-12-16-18(22-11-23-20(16)29-17(12)21(27)28)24-14-7-9-15(10-8-14)25-19(26)13-5-3-2-4-6-13/h2-11H,1H3,(H,25,26)(H,27,28)(H,22,23,24). The normalized spacial score (nSPS) is 10.7. The van der Waals surface area contributed by atoms with Crippen LogP contribution in [0.4, 0.5) is 17.2 Å². The summed E-state index contributed by atoms with van der Waals surface area (Å²) >= 11 is 1.13. The van der Waals surface area contributed by atoms with E-state index in [1.165, 1.54) is 6.33 Å². The van der Waals surface area contributed by atoms with Crippen molar-refractivity contribution in [2.75, 3.05) is 10.6 Å². The lowest BCUT2D eigenvalue weighted by Gasteiger charge is -2.09. The zero-order chi connectivity index (χ0) is 20.4. The van der Waals surface area contributed by atoms with Gasteiger partial charge in [0, 0.05) is 16.9 Å². The van der Waals surface area contributed by atoms with Crippen molar-refractivity contribution in [1.82, 2.24) is 9.97 Å². The average molecular weight is 404 g/mol. The van der Waals surface area contributed by atoms with Crippen LogP contribution < -0.4 is 10.6 Å². The molecule has 0 spiro atoms. The van der Waals surface area contributed by atoms with Crippen molar-refractivity contribution in [2.24, 2.45) is 0 Å². The Kier molecular flexibility index (Phi) is 4.92. The molecule has 0 unspecified atom stereocenters. The summed E-state index contributed by atoms with van der Waals surface area (Å²) in [6, 6.07) is 16.2. The number of hydrogen-bond acceptors (Lipinski definition) is 6. The van der Waals surface area contributed by atoms with E-state index < -0.39 is 5.97 Å². The maximum atomic E-state index is 12.2. The number of carbonyl (C=O) groups is 2. The summed E-state index contributed by atoms with van der Waals surface area (Å²) in [7, 11) is 0. The molecule has 2 heterocycles. The van der Waals surface area contributed by atoms with E-state index in [0.29, 0.717) is 32.8 Å². The Labute approximate surface area is 170 Å². The van der Waals surface area contributed by atoms with Crippen molar-refractivity contribution in [1.29, 1.82) is 0 Å². The van der Waals surface area contributed by atoms with Crippen LogP contribution in [0.25, 0.3) is 10.2 Å². The summed E-state index contributed by atoms with van der Waals surface area (Å²) < 4.78 is 0. The van der Waals surface area contributed by atoms with Crippen LogP contribution in [0.15, 0.2) is 60.9 Å². The Bertz CT molecular complexity index is 1200. The molecule has 1 amide bonds. The van der Waals surface area contributed by atoms with Gasteiger partial charge in [-0.2, -0.15) is 0 Å². The fraction of sp³-hybridized carbons (Fsp3) is 0.0476. The van der Waals surface area contributed by atoms with E-state index in [1.807, 2.05) is 30.3 Å². The summed E-state index contributed by atoms with van der Waals surface area (Å²) in [4.78, 5) is 33.0. The maximum Gasteiger partial charge on any atom is 0.346 e. The Morgan fingerprint density at radius 2 is 1.66 bits per heavy atom. The minimum Gasteiger partial charge on any atom is -0.477 e. The first kappa shape index (κ1) is 18.6. The molecule has 0 atom stereocenters. The molecule has 2 aromatic heterocycles. The SMILES string of the molecule is Cc1c(C(=O)O)sc2ncnc(Nc3ccc(NC(=O)c4ccccc4)cc3)c12. The number of aromatic nitrogens is 2. The highest BCUT2D eigenvalue weighted by Gasteiger charge is 2.18. The zero-order valence-electron chi connectivity index (χ0n) is 15.3. The van der Waals surface area contributed by atoms with Gasteiger partial charge in [-0.3, -0.25) is 4.79 Å². The molecule has 8 heteroatoms. The summed E-state index contributed by atoms with van der Waals surface area (Å²) in [5.41, 5.74) is 2.63. The van der Waals surface area contributed by atoms with E-state index in [0.717, 1.165) is 17.0 Å². The fourth-order valence-corrected chi connectivity index (χ4v) is 3.92. The Morgan fingerprint density at radius 1 is 0.966 bits per heavy atom. The van der Waals surface area contributed by atoms with E-state index in [2.05, 4.69) is 20.6 Å². The lowest BCUT2D eigenvalue weighted by Crippen LogP contribution is -2.11. The van der Waals surface area contributed by atoms with Gasteiger partial charge in [-0.1, -0.05) is 18.2 Å². The molecule has 0 aliphatic rings. The molecule has 144 valence electrons. The van der Waals surface area contributed by atoms with Gasteiger partial charge >= 0.3 is 5.97 Å². The number of carbonyl (C=O) groups excluding carboxylic acids is 1.